The lowest BCUT2D eigenvalue weighted by atomic mass is 10.0. The van der Waals surface area contributed by atoms with E-state index >= 15 is 0 Å². The van der Waals surface area contributed by atoms with Gasteiger partial charge in [-0.2, -0.15) is 0 Å². The summed E-state index contributed by atoms with van der Waals surface area (Å²) in [6.45, 7) is -1.09. The van der Waals surface area contributed by atoms with Gasteiger partial charge in [0.05, 0.1) is 12.6 Å². The summed E-state index contributed by atoms with van der Waals surface area (Å²) in [5.74, 6) is -6.66. The van der Waals surface area contributed by atoms with Crippen LogP contribution in [-0.2, 0) is 19.9 Å². The van der Waals surface area contributed by atoms with Crippen LogP contribution in [0.15, 0.2) is 14.5 Å². The Balaban J connectivity index is 2.66. The monoisotopic (exact) mass is 406 g/mol. The quantitative estimate of drug-likeness (QED) is 0.222. The van der Waals surface area contributed by atoms with E-state index in [0.29, 0.717) is 0 Å². The first kappa shape index (κ1) is 19.6. The van der Waals surface area contributed by atoms with E-state index < -0.39 is 63.6 Å². The first-order chi connectivity index (χ1) is 10.6. The number of aliphatic hydroxyl groups excluding tert-OH is 1. The van der Waals surface area contributed by atoms with Gasteiger partial charge in [0, 0.05) is 5.56 Å². The minimum atomic E-state index is -4.73. The predicted molar refractivity (Wildman–Crippen MR) is 76.2 cm³/mol. The number of nitrogens with two attached hydrogens (primary N) is 1. The highest BCUT2D eigenvalue weighted by Crippen LogP contribution is 2.45. The van der Waals surface area contributed by atoms with Crippen molar-refractivity contribution in [3.63, 3.8) is 0 Å². The maximum Gasteiger partial charge on any atom is 0.288 e. The summed E-state index contributed by atoms with van der Waals surface area (Å²) < 4.78 is 45.7. The first-order valence-corrected chi connectivity index (χ1v) is 9.93. The molecule has 24 heavy (non-hydrogen) atoms. The standard InChI is InChI=1S/C9H14N2O10S3/c10-24(20,21)4-1-3-5(11-2-8(13,14)15)9(16,17)7(12)23(18,19)6(3)22-4/h1,5,7,11-17H,2H2,(H2,10,20,21). The van der Waals surface area contributed by atoms with E-state index in [1.165, 1.54) is 0 Å². The number of fused-ring (bicyclic) bond motifs is 1. The minimum absolute atomic E-state index is 0.180. The number of primary sulfonamides is 1. The third-order valence-electron chi connectivity index (χ3n) is 3.18. The molecule has 0 spiro atoms. The fourth-order valence-corrected chi connectivity index (χ4v) is 6.27. The van der Waals surface area contributed by atoms with Gasteiger partial charge in [-0.1, -0.05) is 0 Å². The fraction of sp³-hybridized carbons (Fsp3) is 0.556. The van der Waals surface area contributed by atoms with Gasteiger partial charge >= 0.3 is 0 Å². The Hall–Kier alpha value is -0.720. The zero-order valence-electron chi connectivity index (χ0n) is 11.6. The van der Waals surface area contributed by atoms with Crippen LogP contribution in [0.25, 0.3) is 0 Å². The number of hydrogen-bond donors (Lipinski definition) is 8. The molecule has 0 saturated heterocycles. The smallest absolute Gasteiger partial charge is 0.288 e. The molecule has 0 amide bonds. The molecule has 2 atom stereocenters. The number of hydrogen-bond acceptors (Lipinski definition) is 12. The molecule has 0 bridgehead atoms. The van der Waals surface area contributed by atoms with Crippen LogP contribution < -0.4 is 10.5 Å². The van der Waals surface area contributed by atoms with E-state index in [2.05, 4.69) is 0 Å². The molecule has 0 aliphatic carbocycles. The van der Waals surface area contributed by atoms with Crippen molar-refractivity contribution in [2.75, 3.05) is 6.54 Å². The maximum atomic E-state index is 12.1. The van der Waals surface area contributed by atoms with Crippen molar-refractivity contribution < 1.29 is 47.5 Å². The highest BCUT2D eigenvalue weighted by atomic mass is 32.3. The van der Waals surface area contributed by atoms with E-state index in [0.717, 1.165) is 6.07 Å². The van der Waals surface area contributed by atoms with Crippen LogP contribution in [0.1, 0.15) is 11.6 Å². The third kappa shape index (κ3) is 3.33. The molecule has 0 fully saturated rings. The van der Waals surface area contributed by atoms with Crippen LogP contribution in [0.4, 0.5) is 0 Å². The van der Waals surface area contributed by atoms with Crippen LogP contribution in [0.3, 0.4) is 0 Å². The van der Waals surface area contributed by atoms with Gasteiger partial charge < -0.3 is 30.6 Å². The molecule has 0 saturated carbocycles. The van der Waals surface area contributed by atoms with Crippen LogP contribution in [-0.4, -0.2) is 71.2 Å². The van der Waals surface area contributed by atoms with Crippen molar-refractivity contribution in [3.8, 4) is 0 Å². The van der Waals surface area contributed by atoms with Crippen LogP contribution in [0.5, 0.6) is 0 Å². The normalized spacial score (nSPS) is 26.1. The Morgan fingerprint density at radius 1 is 1.33 bits per heavy atom. The molecule has 2 unspecified atom stereocenters. The lowest BCUT2D eigenvalue weighted by Gasteiger charge is -2.39. The third-order valence-corrected chi connectivity index (χ3v) is 8.18. The van der Waals surface area contributed by atoms with Gasteiger partial charge in [0.25, 0.3) is 5.97 Å². The Kier molecular flexibility index (Phi) is 4.61. The van der Waals surface area contributed by atoms with E-state index in [9.17, 15) is 32.2 Å². The van der Waals surface area contributed by atoms with E-state index in [1.807, 2.05) is 5.32 Å². The second-order valence-electron chi connectivity index (χ2n) is 5.12. The van der Waals surface area contributed by atoms with Gasteiger partial charge in [-0.3, -0.25) is 5.32 Å². The van der Waals surface area contributed by atoms with Gasteiger partial charge in [-0.05, 0) is 6.07 Å². The molecule has 0 radical (unpaired) electrons. The lowest BCUT2D eigenvalue weighted by molar-refractivity contribution is -0.310. The molecule has 1 aromatic heterocycles. The summed E-state index contributed by atoms with van der Waals surface area (Å²) in [5.41, 5.74) is -3.25. The van der Waals surface area contributed by atoms with Gasteiger partial charge in [-0.25, -0.2) is 22.0 Å². The average molecular weight is 406 g/mol. The van der Waals surface area contributed by atoms with Crippen molar-refractivity contribution in [2.24, 2.45) is 5.14 Å². The largest absolute Gasteiger partial charge is 0.372 e. The van der Waals surface area contributed by atoms with Crippen molar-refractivity contribution in [2.45, 2.75) is 31.7 Å². The zero-order valence-corrected chi connectivity index (χ0v) is 14.0. The molecule has 2 rings (SSSR count). The van der Waals surface area contributed by atoms with Gasteiger partial charge in [-0.15, -0.1) is 11.3 Å². The molecule has 1 aliphatic heterocycles. The van der Waals surface area contributed by atoms with Gasteiger partial charge in [0.1, 0.15) is 8.42 Å². The van der Waals surface area contributed by atoms with Crippen LogP contribution >= 0.6 is 11.3 Å². The first-order valence-electron chi connectivity index (χ1n) is 6.02. The Labute approximate surface area is 139 Å². The molecule has 138 valence electrons. The summed E-state index contributed by atoms with van der Waals surface area (Å²) in [6.07, 6.45) is 0. The number of sulfonamides is 1. The van der Waals surface area contributed by atoms with Crippen molar-refractivity contribution in [1.29, 1.82) is 0 Å². The summed E-state index contributed by atoms with van der Waals surface area (Å²) in [4.78, 5) is 0. The van der Waals surface area contributed by atoms with Crippen molar-refractivity contribution >= 4 is 31.2 Å². The summed E-state index contributed by atoms with van der Waals surface area (Å²) in [6, 6.07) is -1.14. The predicted octanol–water partition coefficient (Wildman–Crippen LogP) is -4.56. The topological polar surface area (TPSA) is 228 Å². The molecule has 12 nitrogen and oxygen atoms in total. The highest BCUT2D eigenvalue weighted by molar-refractivity contribution is 7.95. The highest BCUT2D eigenvalue weighted by Gasteiger charge is 2.57. The second kappa shape index (κ2) is 5.64. The molecule has 0 aromatic carbocycles. The van der Waals surface area contributed by atoms with Crippen LogP contribution in [0, 0.1) is 0 Å². The molecular weight excluding hydrogens is 392 g/mol. The van der Waals surface area contributed by atoms with E-state index in [4.69, 9.17) is 20.5 Å². The maximum absolute atomic E-state index is 12.1. The van der Waals surface area contributed by atoms with Crippen molar-refractivity contribution in [3.05, 3.63) is 11.6 Å². The SMILES string of the molecule is NS(=O)(=O)c1cc2c(s1)S(=O)(=O)C(O)C(O)(O)C2NCC(O)(O)O. The molecule has 2 heterocycles. The van der Waals surface area contributed by atoms with Gasteiger partial charge in [0.2, 0.25) is 31.1 Å². The van der Waals surface area contributed by atoms with Gasteiger partial charge in [0.15, 0.2) is 0 Å². The summed E-state index contributed by atoms with van der Waals surface area (Å²) in [5, 5.41) is 63.1. The fourth-order valence-electron chi connectivity index (χ4n) is 2.13. The lowest BCUT2D eigenvalue weighted by Crippen LogP contribution is -2.59. The summed E-state index contributed by atoms with van der Waals surface area (Å²) in [7, 11) is -9.06. The number of aliphatic hydroxyl groups is 6. The van der Waals surface area contributed by atoms with E-state index in [-0.39, 0.29) is 11.3 Å². The average Bonchev–Trinajstić information content (AvgIpc) is 2.80. The number of sulfone groups is 1. The molecule has 15 heteroatoms. The number of thiophene rings is 1. The van der Waals surface area contributed by atoms with Crippen LogP contribution in [0.2, 0.25) is 0 Å². The second-order valence-corrected chi connectivity index (χ2v) is 10.2. The van der Waals surface area contributed by atoms with E-state index in [1.54, 1.807) is 0 Å². The Bertz CT molecular complexity index is 851. The van der Waals surface area contributed by atoms with Crippen molar-refractivity contribution in [1.82, 2.24) is 5.32 Å². The zero-order chi connectivity index (χ0) is 18.7. The Morgan fingerprint density at radius 2 is 1.88 bits per heavy atom. The molecule has 1 aliphatic rings. The summed E-state index contributed by atoms with van der Waals surface area (Å²) >= 11 is 0.180. The number of nitrogens with one attached hydrogen (secondary N) is 1. The number of rotatable bonds is 4. The molecule has 1 aromatic rings. The molecular formula is C9H14N2O10S3. The minimum Gasteiger partial charge on any atom is -0.372 e. The Morgan fingerprint density at radius 3 is 2.33 bits per heavy atom. The molecule has 9 N–H and O–H groups in total.